The minimum atomic E-state index is -3.89. The van der Waals surface area contributed by atoms with Crippen molar-refractivity contribution in [1.29, 1.82) is 0 Å². The summed E-state index contributed by atoms with van der Waals surface area (Å²) in [6.45, 7) is 1.38. The Bertz CT molecular complexity index is 1560. The lowest BCUT2D eigenvalue weighted by Gasteiger charge is -2.35. The number of fused-ring (bicyclic) bond motifs is 1. The van der Waals surface area contributed by atoms with Crippen LogP contribution in [0.4, 0.5) is 5.69 Å². The minimum absolute atomic E-state index is 0.162. The number of ether oxygens (including phenoxy) is 4. The summed E-state index contributed by atoms with van der Waals surface area (Å²) in [6, 6.07) is 18.2. The van der Waals surface area contributed by atoms with Crippen LogP contribution in [0.15, 0.2) is 76.7 Å². The molecule has 39 heavy (non-hydrogen) atoms. The number of benzene rings is 3. The zero-order valence-electron chi connectivity index (χ0n) is 22.5. The molecule has 2 heterocycles. The van der Waals surface area contributed by atoms with Gasteiger partial charge < -0.3 is 23.8 Å². The Hall–Kier alpha value is -3.98. The molecule has 0 amide bonds. The van der Waals surface area contributed by atoms with E-state index < -0.39 is 9.84 Å². The second-order valence-electron chi connectivity index (χ2n) is 9.41. The Balaban J connectivity index is 1.59. The topological polar surface area (TPSA) is 87.2 Å². The maximum Gasteiger partial charge on any atom is 0.210 e. The van der Waals surface area contributed by atoms with Crippen LogP contribution in [0.1, 0.15) is 24.3 Å². The highest BCUT2D eigenvalue weighted by Crippen LogP contribution is 2.42. The summed E-state index contributed by atoms with van der Waals surface area (Å²) < 4.78 is 49.6. The predicted octanol–water partition coefficient (Wildman–Crippen LogP) is 5.49. The van der Waals surface area contributed by atoms with Gasteiger partial charge >= 0.3 is 0 Å². The van der Waals surface area contributed by atoms with Crippen LogP contribution in [-0.2, 0) is 9.84 Å². The molecule has 1 fully saturated rings. The Morgan fingerprint density at radius 1 is 0.769 bits per heavy atom. The lowest BCUT2D eigenvalue weighted by atomic mass is 9.89. The third kappa shape index (κ3) is 5.06. The Kier molecular flexibility index (Phi) is 7.52. The summed E-state index contributed by atoms with van der Waals surface area (Å²) in [5.41, 5.74) is 2.52. The molecule has 8 nitrogen and oxygen atoms in total. The van der Waals surface area contributed by atoms with Crippen molar-refractivity contribution in [3.05, 3.63) is 72.4 Å². The summed E-state index contributed by atoms with van der Waals surface area (Å²) >= 11 is 0. The summed E-state index contributed by atoms with van der Waals surface area (Å²) in [5, 5.41) is 0.699. The maximum absolute atomic E-state index is 14.0. The van der Waals surface area contributed by atoms with Gasteiger partial charge in [-0.05, 0) is 66.8 Å². The molecule has 1 saturated heterocycles. The van der Waals surface area contributed by atoms with Crippen molar-refractivity contribution in [3.8, 4) is 23.0 Å². The Morgan fingerprint density at radius 3 is 1.90 bits per heavy atom. The number of sulfone groups is 1. The van der Waals surface area contributed by atoms with Gasteiger partial charge in [0.2, 0.25) is 9.84 Å². The monoisotopic (exact) mass is 548 g/mol. The Morgan fingerprint density at radius 2 is 1.33 bits per heavy atom. The second-order valence-corrected chi connectivity index (χ2v) is 11.3. The average Bonchev–Trinajstić information content (AvgIpc) is 2.99. The first kappa shape index (κ1) is 26.6. The molecule has 5 rings (SSSR count). The number of piperidine rings is 1. The third-order valence-electron chi connectivity index (χ3n) is 7.37. The molecule has 1 aliphatic rings. The maximum atomic E-state index is 14.0. The van der Waals surface area contributed by atoms with E-state index in [1.807, 2.05) is 18.2 Å². The first-order valence-electron chi connectivity index (χ1n) is 12.7. The number of hydrogen-bond donors (Lipinski definition) is 0. The van der Waals surface area contributed by atoms with Gasteiger partial charge in [-0.15, -0.1) is 0 Å². The molecule has 0 atom stereocenters. The summed E-state index contributed by atoms with van der Waals surface area (Å²) in [4.78, 5) is 7.05. The van der Waals surface area contributed by atoms with Crippen LogP contribution in [0, 0.1) is 0 Å². The molecule has 0 radical (unpaired) electrons. The van der Waals surface area contributed by atoms with E-state index in [0.717, 1.165) is 18.6 Å². The van der Waals surface area contributed by atoms with Gasteiger partial charge in [-0.2, -0.15) is 0 Å². The molecule has 3 aromatic carbocycles. The highest BCUT2D eigenvalue weighted by molar-refractivity contribution is 7.91. The summed E-state index contributed by atoms with van der Waals surface area (Å²) in [7, 11) is 2.45. The number of nitrogens with zero attached hydrogens (tertiary/aromatic N) is 2. The van der Waals surface area contributed by atoms with Crippen LogP contribution < -0.4 is 23.8 Å². The minimum Gasteiger partial charge on any atom is -0.497 e. The molecule has 4 aromatic rings. The van der Waals surface area contributed by atoms with E-state index in [9.17, 15) is 8.42 Å². The first-order chi connectivity index (χ1) is 18.9. The van der Waals surface area contributed by atoms with Gasteiger partial charge in [0.25, 0.3) is 0 Å². The highest BCUT2D eigenvalue weighted by Gasteiger charge is 2.30. The van der Waals surface area contributed by atoms with Crippen LogP contribution in [0.3, 0.4) is 0 Å². The van der Waals surface area contributed by atoms with Gasteiger partial charge in [-0.1, -0.05) is 12.1 Å². The SMILES string of the molecule is COc1ccc(C2CCN(c3c(S(=O)(=O)c4ccc(OC)cc4)cnc4cc(OC)c(OC)cc34)CC2)cc1. The molecule has 0 saturated carbocycles. The molecule has 0 spiro atoms. The van der Waals surface area contributed by atoms with Crippen molar-refractivity contribution in [2.24, 2.45) is 0 Å². The van der Waals surface area contributed by atoms with Crippen molar-refractivity contribution >= 4 is 26.4 Å². The van der Waals surface area contributed by atoms with Gasteiger partial charge in [0.15, 0.2) is 11.5 Å². The first-order valence-corrected chi connectivity index (χ1v) is 14.2. The summed E-state index contributed by atoms with van der Waals surface area (Å²) in [6.07, 6.45) is 3.22. The van der Waals surface area contributed by atoms with E-state index in [-0.39, 0.29) is 9.79 Å². The largest absolute Gasteiger partial charge is 0.497 e. The van der Waals surface area contributed by atoms with E-state index in [2.05, 4.69) is 22.0 Å². The smallest absolute Gasteiger partial charge is 0.210 e. The fourth-order valence-corrected chi connectivity index (χ4v) is 6.64. The number of pyridine rings is 1. The number of hydrogen-bond acceptors (Lipinski definition) is 8. The van der Waals surface area contributed by atoms with Crippen molar-refractivity contribution < 1.29 is 27.4 Å². The molecule has 0 unspecified atom stereocenters. The van der Waals surface area contributed by atoms with Crippen LogP contribution in [-0.4, -0.2) is 54.9 Å². The summed E-state index contributed by atoms with van der Waals surface area (Å²) in [5.74, 6) is 2.84. The van der Waals surface area contributed by atoms with E-state index in [0.29, 0.717) is 52.8 Å². The van der Waals surface area contributed by atoms with Crippen LogP contribution in [0.2, 0.25) is 0 Å². The van der Waals surface area contributed by atoms with Crippen molar-refractivity contribution in [1.82, 2.24) is 4.98 Å². The van der Waals surface area contributed by atoms with Gasteiger partial charge in [-0.25, -0.2) is 8.42 Å². The quantitative estimate of drug-likeness (QED) is 0.286. The zero-order valence-corrected chi connectivity index (χ0v) is 23.3. The molecular formula is C30H32N2O6S. The van der Waals surface area contributed by atoms with Gasteiger partial charge in [-0.3, -0.25) is 4.98 Å². The fraction of sp³-hybridized carbons (Fsp3) is 0.300. The molecule has 0 aliphatic carbocycles. The number of rotatable bonds is 8. The molecule has 1 aromatic heterocycles. The van der Waals surface area contributed by atoms with Crippen molar-refractivity contribution in [3.63, 3.8) is 0 Å². The zero-order chi connectivity index (χ0) is 27.6. The van der Waals surface area contributed by atoms with Crippen LogP contribution in [0.25, 0.3) is 10.9 Å². The van der Waals surface area contributed by atoms with Gasteiger partial charge in [0, 0.05) is 30.7 Å². The van der Waals surface area contributed by atoms with E-state index in [1.54, 1.807) is 58.8 Å². The fourth-order valence-electron chi connectivity index (χ4n) is 5.20. The molecular weight excluding hydrogens is 516 g/mol. The third-order valence-corrected chi connectivity index (χ3v) is 9.14. The average molecular weight is 549 g/mol. The Labute approximate surface area is 229 Å². The van der Waals surface area contributed by atoms with Crippen LogP contribution in [0.5, 0.6) is 23.0 Å². The molecule has 9 heteroatoms. The van der Waals surface area contributed by atoms with E-state index >= 15 is 0 Å². The normalized spacial score (nSPS) is 14.3. The standard InChI is InChI=1S/C30H32N2O6S/c1-35-22-7-5-20(6-8-22)21-13-15-32(16-14-21)30-25-17-27(37-3)28(38-4)18-26(25)31-19-29(30)39(33,34)24-11-9-23(36-2)10-12-24/h5-12,17-19,21H,13-16H2,1-4H3. The molecule has 1 aliphatic heterocycles. The van der Waals surface area contributed by atoms with E-state index in [1.165, 1.54) is 11.8 Å². The highest BCUT2D eigenvalue weighted by atomic mass is 32.2. The van der Waals surface area contributed by atoms with Gasteiger partial charge in [0.1, 0.15) is 16.4 Å². The molecule has 0 bridgehead atoms. The predicted molar refractivity (Wildman–Crippen MR) is 150 cm³/mol. The number of aromatic nitrogens is 1. The van der Waals surface area contributed by atoms with Crippen LogP contribution >= 0.6 is 0 Å². The number of anilines is 1. The lowest BCUT2D eigenvalue weighted by Crippen LogP contribution is -2.34. The van der Waals surface area contributed by atoms with Crippen molar-refractivity contribution in [2.75, 3.05) is 46.4 Å². The second kappa shape index (κ2) is 11.0. The van der Waals surface area contributed by atoms with Gasteiger partial charge in [0.05, 0.1) is 44.5 Å². The number of methoxy groups -OCH3 is 4. The lowest BCUT2D eigenvalue weighted by molar-refractivity contribution is 0.356. The molecule has 204 valence electrons. The molecule has 0 N–H and O–H groups in total. The van der Waals surface area contributed by atoms with Crippen molar-refractivity contribution in [2.45, 2.75) is 28.6 Å². The van der Waals surface area contributed by atoms with E-state index in [4.69, 9.17) is 18.9 Å².